The Hall–Kier alpha value is -2.70. The van der Waals surface area contributed by atoms with Crippen LogP contribution >= 0.6 is 0 Å². The van der Waals surface area contributed by atoms with Crippen LogP contribution in [0.2, 0.25) is 0 Å². The first-order chi connectivity index (χ1) is 11.0. The molecule has 23 heavy (non-hydrogen) atoms. The molecule has 0 atom stereocenters. The fourth-order valence-electron chi connectivity index (χ4n) is 2.35. The number of rotatable bonds is 4. The van der Waals surface area contributed by atoms with Crippen molar-refractivity contribution >= 4 is 11.8 Å². The van der Waals surface area contributed by atoms with Gasteiger partial charge in [0.2, 0.25) is 5.91 Å². The van der Waals surface area contributed by atoms with E-state index < -0.39 is 17.5 Å². The van der Waals surface area contributed by atoms with Crippen LogP contribution in [0.15, 0.2) is 41.0 Å². The van der Waals surface area contributed by atoms with Gasteiger partial charge in [0.15, 0.2) is 11.6 Å². The average molecular weight is 320 g/mol. The van der Waals surface area contributed by atoms with Crippen LogP contribution in [0.3, 0.4) is 0 Å². The maximum atomic E-state index is 13.1. The maximum absolute atomic E-state index is 13.1. The molecule has 2 amide bonds. The van der Waals surface area contributed by atoms with Crippen molar-refractivity contribution in [2.45, 2.75) is 6.54 Å². The number of benzene rings is 1. The van der Waals surface area contributed by atoms with Crippen molar-refractivity contribution < 1.29 is 22.8 Å². The highest BCUT2D eigenvalue weighted by atomic mass is 19.2. The number of likely N-dealkylation sites (tertiary alicyclic amines) is 1. The molecule has 2 aromatic rings. The van der Waals surface area contributed by atoms with Crippen molar-refractivity contribution in [1.29, 1.82) is 0 Å². The molecule has 1 aromatic heterocycles. The van der Waals surface area contributed by atoms with Gasteiger partial charge in [0.1, 0.15) is 5.76 Å². The van der Waals surface area contributed by atoms with E-state index in [2.05, 4.69) is 5.32 Å². The van der Waals surface area contributed by atoms with Crippen LogP contribution in [-0.4, -0.2) is 29.8 Å². The summed E-state index contributed by atoms with van der Waals surface area (Å²) in [4.78, 5) is 25.4. The van der Waals surface area contributed by atoms with E-state index in [0.717, 1.165) is 12.1 Å². The van der Waals surface area contributed by atoms with E-state index in [4.69, 9.17) is 4.42 Å². The van der Waals surface area contributed by atoms with Crippen molar-refractivity contribution in [2.75, 3.05) is 13.1 Å². The van der Waals surface area contributed by atoms with E-state index in [0.29, 0.717) is 12.3 Å². The van der Waals surface area contributed by atoms with E-state index in [-0.39, 0.29) is 30.5 Å². The molecule has 0 unspecified atom stereocenters. The minimum absolute atomic E-state index is 0.0679. The van der Waals surface area contributed by atoms with Gasteiger partial charge in [0.05, 0.1) is 18.7 Å². The molecule has 0 bridgehead atoms. The van der Waals surface area contributed by atoms with Gasteiger partial charge in [-0.2, -0.15) is 0 Å². The molecule has 1 aromatic carbocycles. The van der Waals surface area contributed by atoms with Crippen LogP contribution < -0.4 is 5.32 Å². The van der Waals surface area contributed by atoms with E-state index in [1.54, 1.807) is 12.1 Å². The molecule has 1 saturated heterocycles. The van der Waals surface area contributed by atoms with Crippen LogP contribution in [0.4, 0.5) is 8.78 Å². The quantitative estimate of drug-likeness (QED) is 0.936. The summed E-state index contributed by atoms with van der Waals surface area (Å²) in [5.74, 6) is -2.31. The largest absolute Gasteiger partial charge is 0.467 e. The number of furan rings is 1. The molecular weight excluding hydrogens is 306 g/mol. The molecule has 1 aliphatic heterocycles. The highest BCUT2D eigenvalue weighted by Crippen LogP contribution is 2.20. The van der Waals surface area contributed by atoms with E-state index >= 15 is 0 Å². The lowest BCUT2D eigenvalue weighted by molar-refractivity contribution is -0.129. The third kappa shape index (κ3) is 3.23. The van der Waals surface area contributed by atoms with Crippen LogP contribution in [0.25, 0.3) is 0 Å². The molecule has 5 nitrogen and oxygen atoms in total. The summed E-state index contributed by atoms with van der Waals surface area (Å²) in [5.41, 5.74) is 0.0679. The maximum Gasteiger partial charge on any atom is 0.254 e. The number of nitrogens with one attached hydrogen (secondary N) is 1. The summed E-state index contributed by atoms with van der Waals surface area (Å²) in [6, 6.07) is 6.48. The average Bonchev–Trinajstić information content (AvgIpc) is 2.99. The molecule has 2 heterocycles. The molecule has 0 radical (unpaired) electrons. The van der Waals surface area contributed by atoms with Gasteiger partial charge in [-0.05, 0) is 30.3 Å². The number of hydrogen-bond acceptors (Lipinski definition) is 3. The first kappa shape index (κ1) is 15.2. The minimum Gasteiger partial charge on any atom is -0.467 e. The SMILES string of the molecule is O=C(NCc1ccco1)C1CN(C(=O)c2ccc(F)c(F)c2)C1. The zero-order chi connectivity index (χ0) is 16.4. The molecule has 7 heteroatoms. The zero-order valence-corrected chi connectivity index (χ0v) is 12.1. The van der Waals surface area contributed by atoms with Crippen LogP contribution in [-0.2, 0) is 11.3 Å². The lowest BCUT2D eigenvalue weighted by atomic mass is 9.97. The zero-order valence-electron chi connectivity index (χ0n) is 12.1. The van der Waals surface area contributed by atoms with Crippen molar-refractivity contribution in [3.05, 3.63) is 59.6 Å². The standard InChI is InChI=1S/C16H14F2N2O3/c17-13-4-3-10(6-14(13)18)16(22)20-8-11(9-20)15(21)19-7-12-2-1-5-23-12/h1-6,11H,7-9H2,(H,19,21). The third-order valence-electron chi connectivity index (χ3n) is 3.72. The predicted octanol–water partition coefficient (Wildman–Crippen LogP) is 1.95. The van der Waals surface area contributed by atoms with E-state index in [1.807, 2.05) is 0 Å². The second-order valence-corrected chi connectivity index (χ2v) is 5.33. The van der Waals surface area contributed by atoms with Crippen molar-refractivity contribution in [2.24, 2.45) is 5.92 Å². The Kier molecular flexibility index (Phi) is 4.10. The number of carbonyl (C=O) groups excluding carboxylic acids is 2. The van der Waals surface area contributed by atoms with Gasteiger partial charge in [0, 0.05) is 18.7 Å². The molecular formula is C16H14F2N2O3. The summed E-state index contributed by atoms with van der Waals surface area (Å²) in [7, 11) is 0. The van der Waals surface area contributed by atoms with Crippen molar-refractivity contribution in [3.8, 4) is 0 Å². The topological polar surface area (TPSA) is 62.6 Å². The monoisotopic (exact) mass is 320 g/mol. The lowest BCUT2D eigenvalue weighted by Crippen LogP contribution is -2.55. The summed E-state index contributed by atoms with van der Waals surface area (Å²) in [6.45, 7) is 0.795. The van der Waals surface area contributed by atoms with E-state index in [1.165, 1.54) is 17.2 Å². The van der Waals surface area contributed by atoms with Gasteiger partial charge in [-0.15, -0.1) is 0 Å². The van der Waals surface area contributed by atoms with Crippen molar-refractivity contribution in [1.82, 2.24) is 10.2 Å². The summed E-state index contributed by atoms with van der Waals surface area (Å²) in [5, 5.41) is 2.72. The van der Waals surface area contributed by atoms with Crippen LogP contribution in [0.1, 0.15) is 16.1 Å². The van der Waals surface area contributed by atoms with Gasteiger partial charge >= 0.3 is 0 Å². The molecule has 1 fully saturated rings. The van der Waals surface area contributed by atoms with E-state index in [9.17, 15) is 18.4 Å². The van der Waals surface area contributed by atoms with Gasteiger partial charge in [-0.1, -0.05) is 0 Å². The Bertz CT molecular complexity index is 725. The number of carbonyl (C=O) groups is 2. The summed E-state index contributed by atoms with van der Waals surface area (Å²) in [6.07, 6.45) is 1.52. The Labute approximate surface area is 130 Å². The molecule has 120 valence electrons. The Morgan fingerprint density at radius 1 is 1.22 bits per heavy atom. The minimum atomic E-state index is -1.07. The number of amides is 2. The molecule has 3 rings (SSSR count). The third-order valence-corrected chi connectivity index (χ3v) is 3.72. The van der Waals surface area contributed by atoms with Gasteiger partial charge in [-0.25, -0.2) is 8.78 Å². The Morgan fingerprint density at radius 3 is 2.65 bits per heavy atom. The predicted molar refractivity (Wildman–Crippen MR) is 76.3 cm³/mol. The number of halogens is 2. The number of nitrogens with zero attached hydrogens (tertiary/aromatic N) is 1. The highest BCUT2D eigenvalue weighted by molar-refractivity contribution is 5.96. The first-order valence-electron chi connectivity index (χ1n) is 7.09. The second kappa shape index (κ2) is 6.20. The summed E-state index contributed by atoms with van der Waals surface area (Å²) < 4.78 is 31.1. The molecule has 1 aliphatic rings. The fraction of sp³-hybridized carbons (Fsp3) is 0.250. The molecule has 0 spiro atoms. The van der Waals surface area contributed by atoms with Gasteiger partial charge in [0.25, 0.3) is 5.91 Å². The van der Waals surface area contributed by atoms with Crippen LogP contribution in [0, 0.1) is 17.6 Å². The smallest absolute Gasteiger partial charge is 0.254 e. The normalized spacial score (nSPS) is 14.4. The molecule has 0 aliphatic carbocycles. The van der Waals surface area contributed by atoms with Gasteiger partial charge in [-0.3, -0.25) is 9.59 Å². The summed E-state index contributed by atoms with van der Waals surface area (Å²) >= 11 is 0. The fourth-order valence-corrected chi connectivity index (χ4v) is 2.35. The first-order valence-corrected chi connectivity index (χ1v) is 7.09. The lowest BCUT2D eigenvalue weighted by Gasteiger charge is -2.38. The Balaban J connectivity index is 1.50. The highest BCUT2D eigenvalue weighted by Gasteiger charge is 2.36. The van der Waals surface area contributed by atoms with Crippen LogP contribution in [0.5, 0.6) is 0 Å². The molecule has 0 saturated carbocycles. The second-order valence-electron chi connectivity index (χ2n) is 5.33. The Morgan fingerprint density at radius 2 is 2.00 bits per heavy atom. The van der Waals surface area contributed by atoms with Gasteiger partial charge < -0.3 is 14.6 Å². The number of hydrogen-bond donors (Lipinski definition) is 1. The molecule has 1 N–H and O–H groups in total. The van der Waals surface area contributed by atoms with Crippen molar-refractivity contribution in [3.63, 3.8) is 0 Å².